The maximum absolute atomic E-state index is 12.7. The highest BCUT2D eigenvalue weighted by Crippen LogP contribution is 2.37. The molecule has 4 aromatic rings. The van der Waals surface area contributed by atoms with Crippen LogP contribution in [-0.4, -0.2) is 21.5 Å². The highest BCUT2D eigenvalue weighted by atomic mass is 35.5. The molecule has 6 nitrogen and oxygen atoms in total. The number of carbonyl (C=O) groups excluding carboxylic acids is 1. The molecule has 0 bridgehead atoms. The predicted octanol–water partition coefficient (Wildman–Crippen LogP) is 8.03. The molecule has 9 heteroatoms. The summed E-state index contributed by atoms with van der Waals surface area (Å²) in [5, 5.41) is 12.8. The van der Waals surface area contributed by atoms with Crippen LogP contribution < -0.4 is 5.32 Å². The van der Waals surface area contributed by atoms with Crippen molar-refractivity contribution in [3.8, 4) is 21.6 Å². The second-order valence-electron chi connectivity index (χ2n) is 8.12. The van der Waals surface area contributed by atoms with E-state index in [2.05, 4.69) is 9.69 Å². The van der Waals surface area contributed by atoms with Crippen LogP contribution >= 0.6 is 34.7 Å². The van der Waals surface area contributed by atoms with Crippen LogP contribution in [0.5, 0.6) is 0 Å². The fourth-order valence-electron chi connectivity index (χ4n) is 3.72. The van der Waals surface area contributed by atoms with Crippen LogP contribution in [0, 0.1) is 6.92 Å². The third kappa shape index (κ3) is 5.87. The number of nitrogens with one attached hydrogen (secondary N) is 1. The van der Waals surface area contributed by atoms with Gasteiger partial charge in [0.15, 0.2) is 0 Å². The molecule has 0 radical (unpaired) electrons. The van der Waals surface area contributed by atoms with Gasteiger partial charge >= 0.3 is 12.1 Å². The third-order valence-electron chi connectivity index (χ3n) is 5.59. The molecule has 3 aromatic carbocycles. The Balaban J connectivity index is 1.50. The van der Waals surface area contributed by atoms with Crippen LogP contribution in [0.2, 0.25) is 10.0 Å². The molecule has 0 saturated heterocycles. The molecule has 0 spiro atoms. The fourth-order valence-corrected chi connectivity index (χ4v) is 5.11. The number of carbonyl (C=O) groups is 2. The summed E-state index contributed by atoms with van der Waals surface area (Å²) in [5.41, 5.74) is 5.24. The lowest BCUT2D eigenvalue weighted by molar-refractivity contribution is -0.136. The smallest absolute Gasteiger partial charge is 0.412 e. The van der Waals surface area contributed by atoms with E-state index in [0.29, 0.717) is 27.0 Å². The molecule has 184 valence electrons. The van der Waals surface area contributed by atoms with Crippen molar-refractivity contribution in [2.24, 2.45) is 0 Å². The first kappa shape index (κ1) is 25.7. The quantitative estimate of drug-likeness (QED) is 0.247. The lowest BCUT2D eigenvalue weighted by Gasteiger charge is -2.16. The van der Waals surface area contributed by atoms with Gasteiger partial charge in [-0.05, 0) is 59.8 Å². The number of hydrogen-bond donors (Lipinski definition) is 2. The van der Waals surface area contributed by atoms with Gasteiger partial charge in [-0.2, -0.15) is 4.37 Å². The van der Waals surface area contributed by atoms with Crippen LogP contribution in [-0.2, 0) is 16.0 Å². The largest absolute Gasteiger partial charge is 0.481 e. The monoisotopic (exact) mass is 540 g/mol. The second kappa shape index (κ2) is 11.1. The van der Waals surface area contributed by atoms with Crippen molar-refractivity contribution in [3.63, 3.8) is 0 Å². The lowest BCUT2D eigenvalue weighted by atomic mass is 10.0. The summed E-state index contributed by atoms with van der Waals surface area (Å²) < 4.78 is 9.96. The van der Waals surface area contributed by atoms with Gasteiger partial charge in [-0.1, -0.05) is 77.8 Å². The Hall–Kier alpha value is -3.39. The molecule has 0 aliphatic heterocycles. The number of halogens is 2. The van der Waals surface area contributed by atoms with Crippen LogP contribution in [0.25, 0.3) is 21.6 Å². The Morgan fingerprint density at radius 2 is 1.67 bits per heavy atom. The molecular formula is C27H22Cl2N2O4S. The number of ether oxygens (including phenoxy) is 1. The number of aromatic nitrogens is 1. The molecular weight excluding hydrogens is 519 g/mol. The molecule has 1 atom stereocenters. The number of rotatable bonds is 7. The van der Waals surface area contributed by atoms with E-state index in [1.54, 1.807) is 25.1 Å². The van der Waals surface area contributed by atoms with E-state index < -0.39 is 18.2 Å². The van der Waals surface area contributed by atoms with Crippen LogP contribution in [0.4, 0.5) is 10.5 Å². The van der Waals surface area contributed by atoms with Gasteiger partial charge in [0.1, 0.15) is 6.10 Å². The minimum absolute atomic E-state index is 0.127. The minimum Gasteiger partial charge on any atom is -0.481 e. The van der Waals surface area contributed by atoms with E-state index in [1.165, 1.54) is 11.5 Å². The van der Waals surface area contributed by atoms with Gasteiger partial charge in [0, 0.05) is 15.6 Å². The van der Waals surface area contributed by atoms with Crippen LogP contribution in [0.1, 0.15) is 29.8 Å². The first-order valence-corrected chi connectivity index (χ1v) is 12.5. The number of aliphatic carboxylic acids is 1. The summed E-state index contributed by atoms with van der Waals surface area (Å²) in [6, 6.07) is 20.3. The van der Waals surface area contributed by atoms with Crippen molar-refractivity contribution in [1.29, 1.82) is 0 Å². The van der Waals surface area contributed by atoms with Gasteiger partial charge in [0.2, 0.25) is 0 Å². The van der Waals surface area contributed by atoms with Gasteiger partial charge in [-0.15, -0.1) is 0 Å². The third-order valence-corrected chi connectivity index (χ3v) is 7.28. The number of aryl methyl sites for hydroxylation is 1. The number of nitrogens with zero attached hydrogens (tertiary/aromatic N) is 1. The molecule has 36 heavy (non-hydrogen) atoms. The zero-order chi connectivity index (χ0) is 25.8. The SMILES string of the molecule is Cc1nsc(-c2ccc(-c3ccc(CC(=O)O)c(Cl)c3)cc2)c1NC(=O)O[C@H](C)c1ccccc1Cl. The van der Waals surface area contributed by atoms with Crippen molar-refractivity contribution in [1.82, 2.24) is 4.37 Å². The molecule has 0 unspecified atom stereocenters. The average Bonchev–Trinajstić information content (AvgIpc) is 3.20. The zero-order valence-corrected chi connectivity index (χ0v) is 21.7. The topological polar surface area (TPSA) is 88.5 Å². The Morgan fingerprint density at radius 3 is 2.33 bits per heavy atom. The van der Waals surface area contributed by atoms with E-state index in [-0.39, 0.29) is 6.42 Å². The lowest BCUT2D eigenvalue weighted by Crippen LogP contribution is -2.16. The van der Waals surface area contributed by atoms with Crippen molar-refractivity contribution in [2.75, 3.05) is 5.32 Å². The van der Waals surface area contributed by atoms with E-state index in [1.807, 2.05) is 55.5 Å². The van der Waals surface area contributed by atoms with Crippen LogP contribution in [0.3, 0.4) is 0 Å². The first-order chi connectivity index (χ1) is 17.2. The number of benzene rings is 3. The molecule has 0 saturated carbocycles. The number of hydrogen-bond acceptors (Lipinski definition) is 5. The van der Waals surface area contributed by atoms with Crippen molar-refractivity contribution >= 4 is 52.5 Å². The molecule has 4 rings (SSSR count). The van der Waals surface area contributed by atoms with Crippen molar-refractivity contribution in [2.45, 2.75) is 26.4 Å². The summed E-state index contributed by atoms with van der Waals surface area (Å²) >= 11 is 13.8. The molecule has 1 aromatic heterocycles. The first-order valence-electron chi connectivity index (χ1n) is 11.0. The Morgan fingerprint density at radius 1 is 1.00 bits per heavy atom. The van der Waals surface area contributed by atoms with Gasteiger partial charge in [0.25, 0.3) is 0 Å². The Bertz CT molecular complexity index is 1420. The average molecular weight is 541 g/mol. The highest BCUT2D eigenvalue weighted by molar-refractivity contribution is 7.10. The zero-order valence-electron chi connectivity index (χ0n) is 19.4. The number of anilines is 1. The molecule has 2 N–H and O–H groups in total. The van der Waals surface area contributed by atoms with E-state index in [0.717, 1.165) is 27.1 Å². The van der Waals surface area contributed by atoms with Crippen molar-refractivity contribution in [3.05, 3.63) is 93.6 Å². The van der Waals surface area contributed by atoms with Gasteiger partial charge < -0.3 is 9.84 Å². The standard InChI is InChI=1S/C27H22Cl2N2O4S/c1-15-25(30-27(34)35-16(2)21-5-3-4-6-22(21)28)26(36-31-15)18-9-7-17(8-10-18)19-11-12-20(14-24(32)33)23(29)13-19/h3-13,16H,14H2,1-2H3,(H,30,34)(H,32,33)/t16-/m1/s1. The number of carboxylic acid groups (broad SMARTS) is 1. The number of carboxylic acids is 1. The Kier molecular flexibility index (Phi) is 7.94. The summed E-state index contributed by atoms with van der Waals surface area (Å²) in [6.45, 7) is 3.59. The summed E-state index contributed by atoms with van der Waals surface area (Å²) in [4.78, 5) is 24.4. The normalized spacial score (nSPS) is 11.7. The van der Waals surface area contributed by atoms with E-state index in [9.17, 15) is 9.59 Å². The van der Waals surface area contributed by atoms with Gasteiger partial charge in [0.05, 0.1) is 22.7 Å². The van der Waals surface area contributed by atoms with E-state index >= 15 is 0 Å². The summed E-state index contributed by atoms with van der Waals surface area (Å²) in [5.74, 6) is -0.930. The summed E-state index contributed by atoms with van der Waals surface area (Å²) in [7, 11) is 0. The maximum atomic E-state index is 12.7. The van der Waals surface area contributed by atoms with Gasteiger partial charge in [-0.25, -0.2) is 4.79 Å². The van der Waals surface area contributed by atoms with Gasteiger partial charge in [-0.3, -0.25) is 10.1 Å². The summed E-state index contributed by atoms with van der Waals surface area (Å²) in [6.07, 6.45) is -1.25. The predicted molar refractivity (Wildman–Crippen MR) is 144 cm³/mol. The maximum Gasteiger partial charge on any atom is 0.412 e. The highest BCUT2D eigenvalue weighted by Gasteiger charge is 2.19. The molecule has 0 fully saturated rings. The molecule has 1 amide bonds. The van der Waals surface area contributed by atoms with Crippen molar-refractivity contribution < 1.29 is 19.4 Å². The number of amides is 1. The second-order valence-corrected chi connectivity index (χ2v) is 9.71. The molecule has 0 aliphatic carbocycles. The Labute approximate surface area is 222 Å². The molecule has 1 heterocycles. The fraction of sp³-hybridized carbons (Fsp3) is 0.148. The minimum atomic E-state index is -0.930. The van der Waals surface area contributed by atoms with E-state index in [4.69, 9.17) is 33.0 Å². The van der Waals surface area contributed by atoms with Crippen LogP contribution in [0.15, 0.2) is 66.7 Å². The molecule has 0 aliphatic rings.